The summed E-state index contributed by atoms with van der Waals surface area (Å²) in [5, 5.41) is 25.7. The first-order valence-corrected chi connectivity index (χ1v) is 13.5. The second kappa shape index (κ2) is 10.8. The normalized spacial score (nSPS) is 16.3. The van der Waals surface area contributed by atoms with Crippen molar-refractivity contribution in [3.63, 3.8) is 0 Å². The van der Waals surface area contributed by atoms with E-state index in [0.717, 1.165) is 61.3 Å². The van der Waals surface area contributed by atoms with Crippen molar-refractivity contribution in [2.45, 2.75) is 39.4 Å². The molecule has 1 unspecified atom stereocenters. The number of fused-ring (bicyclic) bond motifs is 4. The Bertz CT molecular complexity index is 1620. The van der Waals surface area contributed by atoms with Crippen LogP contribution < -0.4 is 24.6 Å². The molecule has 0 amide bonds. The fourth-order valence-electron chi connectivity index (χ4n) is 6.00. The molecule has 3 N–H and O–H groups in total. The summed E-state index contributed by atoms with van der Waals surface area (Å²) in [5.41, 5.74) is 10.9. The van der Waals surface area contributed by atoms with Gasteiger partial charge in [0.05, 0.1) is 52.0 Å². The molecule has 0 bridgehead atoms. The fraction of sp³-hybridized carbons (Fsp3) is 0.312. The number of rotatable bonds is 6. The predicted octanol–water partition coefficient (Wildman–Crippen LogP) is 5.74. The van der Waals surface area contributed by atoms with Gasteiger partial charge < -0.3 is 33.9 Å². The van der Waals surface area contributed by atoms with E-state index in [4.69, 9.17) is 23.7 Å². The molecule has 0 spiro atoms. The van der Waals surface area contributed by atoms with Gasteiger partial charge in [0.15, 0.2) is 17.8 Å². The van der Waals surface area contributed by atoms with Crippen molar-refractivity contribution >= 4 is 22.1 Å². The number of aliphatic hydroxyl groups is 2. The van der Waals surface area contributed by atoms with Crippen LogP contribution in [0.2, 0.25) is 0 Å². The topological polar surface area (TPSA) is 102 Å². The Kier molecular flexibility index (Phi) is 7.13. The van der Waals surface area contributed by atoms with Gasteiger partial charge in [-0.3, -0.25) is 10.4 Å². The van der Waals surface area contributed by atoms with Crippen LogP contribution in [-0.2, 0) is 22.6 Å². The maximum Gasteiger partial charge on any atom is 0.179 e. The van der Waals surface area contributed by atoms with E-state index in [0.29, 0.717) is 30.2 Å². The average Bonchev–Trinajstić information content (AvgIpc) is 3.34. The second-order valence-electron chi connectivity index (χ2n) is 10.3. The molecule has 0 aliphatic carbocycles. The molecular weight excluding hydrogens is 524 g/mol. The molecule has 9 heteroatoms. The van der Waals surface area contributed by atoms with Crippen molar-refractivity contribution in [1.29, 1.82) is 0 Å². The summed E-state index contributed by atoms with van der Waals surface area (Å²) in [7, 11) is 4.84. The van der Waals surface area contributed by atoms with Crippen molar-refractivity contribution in [2.75, 3.05) is 38.6 Å². The molecule has 214 valence electrons. The number of nitrogens with one attached hydrogen (secondary N) is 1. The Morgan fingerprint density at radius 1 is 0.976 bits per heavy atom. The van der Waals surface area contributed by atoms with Crippen LogP contribution in [0.1, 0.15) is 47.1 Å². The van der Waals surface area contributed by atoms with Crippen LogP contribution in [0.25, 0.3) is 21.9 Å². The Morgan fingerprint density at radius 3 is 2.44 bits per heavy atom. The lowest BCUT2D eigenvalue weighted by molar-refractivity contribution is -0.0810. The summed E-state index contributed by atoms with van der Waals surface area (Å²) in [4.78, 5) is 0. The Balaban J connectivity index is 1.65. The van der Waals surface area contributed by atoms with Gasteiger partial charge in [-0.05, 0) is 95.6 Å². The molecule has 2 aliphatic rings. The third-order valence-electron chi connectivity index (χ3n) is 7.97. The van der Waals surface area contributed by atoms with Gasteiger partial charge >= 0.3 is 0 Å². The third-order valence-corrected chi connectivity index (χ3v) is 7.97. The fourth-order valence-corrected chi connectivity index (χ4v) is 6.00. The van der Waals surface area contributed by atoms with E-state index < -0.39 is 6.29 Å². The van der Waals surface area contributed by atoms with E-state index in [2.05, 4.69) is 17.6 Å². The molecule has 9 nitrogen and oxygen atoms in total. The number of methoxy groups -OCH3 is 3. The van der Waals surface area contributed by atoms with E-state index in [-0.39, 0.29) is 12.9 Å². The molecular formula is C32H34N2O7. The van der Waals surface area contributed by atoms with Crippen LogP contribution in [0.3, 0.4) is 0 Å². The highest BCUT2D eigenvalue weighted by atomic mass is 16.7. The minimum atomic E-state index is -1.73. The number of nitrogens with zero attached hydrogens (tertiary/aromatic N) is 1. The quantitative estimate of drug-likeness (QED) is 0.256. The number of hydrogen-bond acceptors (Lipinski definition) is 9. The van der Waals surface area contributed by atoms with E-state index in [1.807, 2.05) is 55.3 Å². The van der Waals surface area contributed by atoms with E-state index in [1.54, 1.807) is 21.3 Å². The van der Waals surface area contributed by atoms with Crippen molar-refractivity contribution in [3.8, 4) is 28.4 Å². The molecule has 6 rings (SSSR count). The first kappa shape index (κ1) is 27.2. The largest absolute Gasteiger partial charge is 0.497 e. The van der Waals surface area contributed by atoms with Crippen molar-refractivity contribution in [3.05, 3.63) is 76.3 Å². The van der Waals surface area contributed by atoms with Gasteiger partial charge in [0, 0.05) is 16.5 Å². The number of ether oxygens (including phenoxy) is 5. The number of anilines is 2. The van der Waals surface area contributed by atoms with Gasteiger partial charge in [-0.1, -0.05) is 0 Å². The lowest BCUT2D eigenvalue weighted by atomic mass is 9.85. The summed E-state index contributed by atoms with van der Waals surface area (Å²) in [6, 6.07) is 15.8. The molecule has 0 saturated carbocycles. The number of aryl methyl sites for hydroxylation is 1. The summed E-state index contributed by atoms with van der Waals surface area (Å²) < 4.78 is 28.2. The maximum absolute atomic E-state index is 10.9. The van der Waals surface area contributed by atoms with E-state index >= 15 is 0 Å². The highest BCUT2D eigenvalue weighted by Crippen LogP contribution is 2.49. The second-order valence-corrected chi connectivity index (χ2v) is 10.3. The van der Waals surface area contributed by atoms with Gasteiger partial charge in [-0.15, -0.1) is 0 Å². The SMILES string of the molecule is COc1ccc(N2Cc3c(C(O)O)c(-c4cc(C)c(OC)c(OC)c4)c4cc5c(cc4c3N2)C(C)OCOC5)cc1. The van der Waals surface area contributed by atoms with Gasteiger partial charge in [-0.2, -0.15) is 0 Å². The third kappa shape index (κ3) is 4.61. The predicted molar refractivity (Wildman–Crippen MR) is 156 cm³/mol. The number of hydrogen-bond donors (Lipinski definition) is 3. The van der Waals surface area contributed by atoms with Crippen molar-refractivity contribution in [2.24, 2.45) is 0 Å². The van der Waals surface area contributed by atoms with Crippen LogP contribution in [0.5, 0.6) is 17.2 Å². The zero-order valence-electron chi connectivity index (χ0n) is 23.8. The molecule has 0 radical (unpaired) electrons. The molecule has 0 aromatic heterocycles. The maximum atomic E-state index is 10.9. The van der Waals surface area contributed by atoms with Crippen LogP contribution in [0.15, 0.2) is 48.5 Å². The summed E-state index contributed by atoms with van der Waals surface area (Å²) in [6.07, 6.45) is -1.90. The molecule has 0 fully saturated rings. The van der Waals surface area contributed by atoms with Crippen molar-refractivity contribution < 1.29 is 33.9 Å². The minimum absolute atomic E-state index is 0.165. The minimum Gasteiger partial charge on any atom is -0.497 e. The average molecular weight is 559 g/mol. The van der Waals surface area contributed by atoms with Crippen LogP contribution >= 0.6 is 0 Å². The Morgan fingerprint density at radius 2 is 1.76 bits per heavy atom. The lowest BCUT2D eigenvalue weighted by Gasteiger charge is -2.23. The molecule has 0 saturated heterocycles. The molecule has 4 aromatic rings. The van der Waals surface area contributed by atoms with Crippen LogP contribution in [-0.4, -0.2) is 38.3 Å². The van der Waals surface area contributed by atoms with Crippen LogP contribution in [0, 0.1) is 6.92 Å². The zero-order chi connectivity index (χ0) is 28.8. The smallest absolute Gasteiger partial charge is 0.179 e. The molecule has 1 atom stereocenters. The molecule has 4 aromatic carbocycles. The van der Waals surface area contributed by atoms with Crippen LogP contribution in [0.4, 0.5) is 11.4 Å². The first-order valence-electron chi connectivity index (χ1n) is 13.5. The molecule has 2 heterocycles. The highest BCUT2D eigenvalue weighted by Gasteiger charge is 2.32. The van der Waals surface area contributed by atoms with E-state index in [9.17, 15) is 10.2 Å². The van der Waals surface area contributed by atoms with Gasteiger partial charge in [0.25, 0.3) is 0 Å². The lowest BCUT2D eigenvalue weighted by Crippen LogP contribution is -2.22. The van der Waals surface area contributed by atoms with E-state index in [1.165, 1.54) is 0 Å². The highest BCUT2D eigenvalue weighted by molar-refractivity contribution is 6.08. The number of benzene rings is 4. The number of aliphatic hydroxyl groups excluding tert-OH is 1. The monoisotopic (exact) mass is 558 g/mol. The summed E-state index contributed by atoms with van der Waals surface area (Å²) in [5.74, 6) is 1.95. The zero-order valence-corrected chi connectivity index (χ0v) is 23.8. The van der Waals surface area contributed by atoms with Gasteiger partial charge in [-0.25, -0.2) is 0 Å². The number of hydrazine groups is 1. The standard InChI is InChI=1S/C32H34N2O7/c1-17-10-19(12-27(38-4)31(17)39-5)28-24-11-20-15-40-16-41-18(2)23(20)13-25(24)30-26(29(28)32(35)36)14-34(33-30)21-6-8-22(37-3)9-7-21/h6-13,18,32-33,35-36H,14-16H2,1-5H3. The Labute approximate surface area is 238 Å². The summed E-state index contributed by atoms with van der Waals surface area (Å²) >= 11 is 0. The van der Waals surface area contributed by atoms with Gasteiger partial charge in [0.1, 0.15) is 12.5 Å². The molecule has 41 heavy (non-hydrogen) atoms. The molecule has 2 aliphatic heterocycles. The first-order chi connectivity index (χ1) is 19.8. The Hall–Kier alpha value is -4.02. The van der Waals surface area contributed by atoms with Crippen molar-refractivity contribution in [1.82, 2.24) is 0 Å². The van der Waals surface area contributed by atoms with Gasteiger partial charge in [0.2, 0.25) is 0 Å². The summed E-state index contributed by atoms with van der Waals surface area (Å²) in [6.45, 7) is 4.97.